The van der Waals surface area contributed by atoms with Crippen molar-refractivity contribution in [3.05, 3.63) is 75.8 Å². The summed E-state index contributed by atoms with van der Waals surface area (Å²) in [6.45, 7) is 6.05. The Morgan fingerprint density at radius 2 is 1.80 bits per heavy atom. The van der Waals surface area contributed by atoms with Crippen LogP contribution in [0.25, 0.3) is 10.9 Å². The molecule has 0 unspecified atom stereocenters. The number of rotatable bonds is 4. The first-order valence-electron chi connectivity index (χ1n) is 11.7. The minimum atomic E-state index is -4.89. The average molecular weight is 593 g/mol. The molecule has 208 valence electrons. The van der Waals surface area contributed by atoms with Gasteiger partial charge in [-0.05, 0) is 36.4 Å². The lowest BCUT2D eigenvalue weighted by Gasteiger charge is -2.17. The molecule has 40 heavy (non-hydrogen) atoms. The van der Waals surface area contributed by atoms with Crippen LogP contribution < -0.4 is 15.8 Å². The standard InChI is InChI=1S/C27H22ClF5N4O2Si/c1-37-23-14(7-8-40(2,3)4)11-20(35-26(38)15-9-16(27(31,32)33)12-18(30)10-15)24(22(23)25(34)36-37)39-21-13-17(29)5-6-19(21)28/h5-6,9-13H,1-4H3,(H2,34,36)(H,35,38). The average Bonchev–Trinajstić information content (AvgIpc) is 3.14. The first-order chi connectivity index (χ1) is 18.5. The van der Waals surface area contributed by atoms with E-state index >= 15 is 0 Å². The van der Waals surface area contributed by atoms with E-state index in [0.29, 0.717) is 23.2 Å². The molecule has 13 heteroatoms. The number of amides is 1. The number of fused-ring (bicyclic) bond motifs is 1. The molecule has 4 aromatic rings. The van der Waals surface area contributed by atoms with E-state index in [1.54, 1.807) is 7.05 Å². The van der Waals surface area contributed by atoms with Crippen LogP contribution in [0.15, 0.2) is 42.5 Å². The number of nitrogen functional groups attached to an aromatic ring is 1. The van der Waals surface area contributed by atoms with Crippen molar-refractivity contribution in [2.45, 2.75) is 25.8 Å². The zero-order chi connectivity index (χ0) is 29.6. The Morgan fingerprint density at radius 1 is 1.10 bits per heavy atom. The van der Waals surface area contributed by atoms with Crippen LogP contribution in [-0.2, 0) is 13.2 Å². The number of hydrogen-bond donors (Lipinski definition) is 2. The molecule has 0 aliphatic heterocycles. The highest BCUT2D eigenvalue weighted by Gasteiger charge is 2.32. The Balaban J connectivity index is 1.95. The molecule has 0 atom stereocenters. The number of carbonyl (C=O) groups is 1. The van der Waals surface area contributed by atoms with E-state index < -0.39 is 42.9 Å². The quantitative estimate of drug-likeness (QED) is 0.147. The van der Waals surface area contributed by atoms with E-state index in [-0.39, 0.29) is 39.5 Å². The van der Waals surface area contributed by atoms with Gasteiger partial charge >= 0.3 is 6.18 Å². The molecule has 1 heterocycles. The first-order valence-corrected chi connectivity index (χ1v) is 15.6. The molecule has 1 aromatic heterocycles. The molecule has 3 aromatic carbocycles. The Morgan fingerprint density at radius 3 is 2.45 bits per heavy atom. The van der Waals surface area contributed by atoms with Gasteiger partial charge < -0.3 is 15.8 Å². The van der Waals surface area contributed by atoms with Crippen molar-refractivity contribution in [2.75, 3.05) is 11.1 Å². The summed E-state index contributed by atoms with van der Waals surface area (Å²) >= 11 is 6.21. The van der Waals surface area contributed by atoms with Crippen LogP contribution in [0.3, 0.4) is 0 Å². The van der Waals surface area contributed by atoms with E-state index in [0.717, 1.165) is 12.1 Å². The molecule has 0 spiro atoms. The van der Waals surface area contributed by atoms with Gasteiger partial charge in [-0.1, -0.05) is 37.2 Å². The summed E-state index contributed by atoms with van der Waals surface area (Å²) in [6.07, 6.45) is -4.89. The Kier molecular flexibility index (Phi) is 7.57. The van der Waals surface area contributed by atoms with Crippen LogP contribution in [0.1, 0.15) is 21.5 Å². The third kappa shape index (κ3) is 6.21. The summed E-state index contributed by atoms with van der Waals surface area (Å²) < 4.78 is 75.3. The molecule has 0 fully saturated rings. The number of anilines is 2. The lowest BCUT2D eigenvalue weighted by atomic mass is 10.1. The number of halogens is 6. The molecular formula is C27H22ClF5N4O2Si. The third-order valence-electron chi connectivity index (χ3n) is 5.50. The molecule has 4 rings (SSSR count). The topological polar surface area (TPSA) is 82.2 Å². The highest BCUT2D eigenvalue weighted by Crippen LogP contribution is 2.43. The summed E-state index contributed by atoms with van der Waals surface area (Å²) in [6, 6.07) is 6.28. The van der Waals surface area contributed by atoms with Gasteiger partial charge in [0, 0.05) is 18.7 Å². The second-order valence-electron chi connectivity index (χ2n) is 9.89. The van der Waals surface area contributed by atoms with Gasteiger partial charge in [0.1, 0.15) is 25.5 Å². The van der Waals surface area contributed by atoms with Crippen molar-refractivity contribution in [1.82, 2.24) is 9.78 Å². The summed E-state index contributed by atoms with van der Waals surface area (Å²) in [4.78, 5) is 13.2. The molecular weight excluding hydrogens is 571 g/mol. The van der Waals surface area contributed by atoms with Gasteiger partial charge in [0.05, 0.1) is 32.7 Å². The van der Waals surface area contributed by atoms with Gasteiger partial charge in [-0.3, -0.25) is 9.48 Å². The zero-order valence-electron chi connectivity index (χ0n) is 21.6. The van der Waals surface area contributed by atoms with Gasteiger partial charge in [0.2, 0.25) is 0 Å². The second-order valence-corrected chi connectivity index (χ2v) is 15.0. The van der Waals surface area contributed by atoms with Gasteiger partial charge in [-0.25, -0.2) is 8.78 Å². The van der Waals surface area contributed by atoms with Crippen molar-refractivity contribution in [3.63, 3.8) is 0 Å². The van der Waals surface area contributed by atoms with Gasteiger partial charge in [0.25, 0.3) is 5.91 Å². The van der Waals surface area contributed by atoms with Crippen molar-refractivity contribution in [3.8, 4) is 23.0 Å². The molecule has 6 nitrogen and oxygen atoms in total. The molecule has 3 N–H and O–H groups in total. The van der Waals surface area contributed by atoms with E-state index in [2.05, 4.69) is 21.9 Å². The maximum absolute atomic E-state index is 14.0. The summed E-state index contributed by atoms with van der Waals surface area (Å²) in [5.41, 5.74) is 8.19. The van der Waals surface area contributed by atoms with Crippen molar-refractivity contribution < 1.29 is 31.5 Å². The van der Waals surface area contributed by atoms with Crippen LogP contribution >= 0.6 is 11.6 Å². The van der Waals surface area contributed by atoms with Crippen molar-refractivity contribution in [1.29, 1.82) is 0 Å². The van der Waals surface area contributed by atoms with Crippen molar-refractivity contribution >= 4 is 48.0 Å². The lowest BCUT2D eigenvalue weighted by molar-refractivity contribution is -0.137. The number of hydrogen-bond acceptors (Lipinski definition) is 4. The number of nitrogens with zero attached hydrogens (tertiary/aromatic N) is 2. The minimum absolute atomic E-state index is 0.0249. The summed E-state index contributed by atoms with van der Waals surface area (Å²) in [5, 5.41) is 6.91. The predicted molar refractivity (Wildman–Crippen MR) is 146 cm³/mol. The number of carbonyl (C=O) groups excluding carboxylic acids is 1. The highest BCUT2D eigenvalue weighted by molar-refractivity contribution is 6.83. The molecule has 0 saturated heterocycles. The number of nitrogens with two attached hydrogens (primary N) is 1. The highest BCUT2D eigenvalue weighted by atomic mass is 35.5. The fourth-order valence-corrected chi connectivity index (χ4v) is 4.45. The van der Waals surface area contributed by atoms with E-state index in [9.17, 15) is 26.7 Å². The van der Waals surface area contributed by atoms with Gasteiger partial charge in [-0.2, -0.15) is 18.3 Å². The zero-order valence-corrected chi connectivity index (χ0v) is 23.4. The minimum Gasteiger partial charge on any atom is -0.453 e. The third-order valence-corrected chi connectivity index (χ3v) is 6.69. The Labute approximate surface area is 231 Å². The normalized spacial score (nSPS) is 11.8. The maximum atomic E-state index is 14.0. The molecule has 0 bridgehead atoms. The monoisotopic (exact) mass is 592 g/mol. The molecule has 1 amide bonds. The van der Waals surface area contributed by atoms with Crippen LogP contribution in [0.4, 0.5) is 33.5 Å². The molecule has 0 aliphatic carbocycles. The Hall–Kier alpha value is -4.08. The summed E-state index contributed by atoms with van der Waals surface area (Å²) in [7, 11) is -0.295. The predicted octanol–water partition coefficient (Wildman–Crippen LogP) is 7.38. The lowest BCUT2D eigenvalue weighted by Crippen LogP contribution is -2.17. The van der Waals surface area contributed by atoms with E-state index in [4.69, 9.17) is 22.1 Å². The largest absolute Gasteiger partial charge is 0.453 e. The Bertz CT molecular complexity index is 1720. The number of aryl methyl sites for hydroxylation is 1. The van der Waals surface area contributed by atoms with Crippen LogP contribution in [-0.4, -0.2) is 23.8 Å². The fourth-order valence-electron chi connectivity index (χ4n) is 3.78. The van der Waals surface area contributed by atoms with E-state index in [1.807, 2.05) is 19.6 Å². The van der Waals surface area contributed by atoms with Crippen LogP contribution in [0.5, 0.6) is 11.5 Å². The number of nitrogens with one attached hydrogen (secondary N) is 1. The number of ether oxygens (including phenoxy) is 1. The van der Waals surface area contributed by atoms with E-state index in [1.165, 1.54) is 16.8 Å². The molecule has 0 radical (unpaired) electrons. The summed E-state index contributed by atoms with van der Waals surface area (Å²) in [5.74, 6) is -0.201. The van der Waals surface area contributed by atoms with Gasteiger partial charge in [0.15, 0.2) is 11.6 Å². The number of benzene rings is 3. The molecule has 0 saturated carbocycles. The van der Waals surface area contributed by atoms with Crippen LogP contribution in [0.2, 0.25) is 24.7 Å². The smallest absolute Gasteiger partial charge is 0.416 e. The maximum Gasteiger partial charge on any atom is 0.416 e. The SMILES string of the molecule is Cn1nc(N)c2c(Oc3cc(F)ccc3Cl)c(NC(=O)c3cc(F)cc(C(F)(F)F)c3)cc(C#C[Si](C)(C)C)c21. The van der Waals surface area contributed by atoms with Crippen molar-refractivity contribution in [2.24, 2.45) is 7.05 Å². The second kappa shape index (κ2) is 10.5. The number of aromatic nitrogens is 2. The molecule has 0 aliphatic rings. The first kappa shape index (κ1) is 28.9. The number of alkyl halides is 3. The van der Waals surface area contributed by atoms with Gasteiger partial charge in [-0.15, -0.1) is 5.54 Å². The van der Waals surface area contributed by atoms with Crippen LogP contribution in [0, 0.1) is 23.1 Å². The fraction of sp³-hybridized carbons (Fsp3) is 0.185.